The number of aromatic nitrogens is 2. The summed E-state index contributed by atoms with van der Waals surface area (Å²) in [5, 5.41) is 7.67. The molecule has 2 aromatic carbocycles. The van der Waals surface area contributed by atoms with Crippen molar-refractivity contribution in [1.82, 2.24) is 15.1 Å². The molecule has 10 heteroatoms. The number of nitrogens with zero attached hydrogens (tertiary/aromatic N) is 3. The summed E-state index contributed by atoms with van der Waals surface area (Å²) < 4.78 is 26.9. The van der Waals surface area contributed by atoms with E-state index in [1.807, 2.05) is 18.2 Å². The number of fused-ring (bicyclic) bond motifs is 1. The van der Waals surface area contributed by atoms with Crippen LogP contribution in [0.4, 0.5) is 10.2 Å². The molecule has 0 bridgehead atoms. The van der Waals surface area contributed by atoms with Gasteiger partial charge in [0.1, 0.15) is 29.7 Å². The van der Waals surface area contributed by atoms with Gasteiger partial charge >= 0.3 is 0 Å². The van der Waals surface area contributed by atoms with Gasteiger partial charge in [-0.1, -0.05) is 20.8 Å². The van der Waals surface area contributed by atoms with Gasteiger partial charge in [0.2, 0.25) is 11.8 Å². The first kappa shape index (κ1) is 27.1. The number of benzene rings is 2. The molecule has 206 valence electrons. The number of halogens is 1. The quantitative estimate of drug-likeness (QED) is 0.454. The molecule has 3 aromatic rings. The summed E-state index contributed by atoms with van der Waals surface area (Å²) in [4.78, 5) is 28.3. The first-order valence-corrected chi connectivity index (χ1v) is 14.0. The molecule has 1 aliphatic carbocycles. The number of ether oxygens (including phenoxy) is 2. The molecule has 1 aliphatic heterocycles. The lowest BCUT2D eigenvalue weighted by Gasteiger charge is -2.25. The van der Waals surface area contributed by atoms with Gasteiger partial charge < -0.3 is 14.8 Å². The average molecular weight is 553 g/mol. The lowest BCUT2D eigenvalue weighted by atomic mass is 9.87. The molecule has 1 fully saturated rings. The first-order valence-electron chi connectivity index (χ1n) is 12.9. The van der Waals surface area contributed by atoms with Gasteiger partial charge in [0.25, 0.3) is 0 Å². The molecule has 0 radical (unpaired) electrons. The second-order valence-corrected chi connectivity index (χ2v) is 11.9. The van der Waals surface area contributed by atoms with Crippen LogP contribution in [0.5, 0.6) is 11.5 Å². The molecule has 39 heavy (non-hydrogen) atoms. The number of rotatable bonds is 7. The molecule has 0 saturated heterocycles. The molecule has 1 aromatic heterocycles. The van der Waals surface area contributed by atoms with Crippen molar-refractivity contribution < 1.29 is 23.5 Å². The second-order valence-electron chi connectivity index (χ2n) is 10.8. The third-order valence-electron chi connectivity index (χ3n) is 6.83. The molecule has 8 nitrogen and oxygen atoms in total. The van der Waals surface area contributed by atoms with Crippen molar-refractivity contribution in [1.29, 1.82) is 0 Å². The first-order chi connectivity index (χ1) is 18.6. The fraction of sp³-hybridized carbons (Fsp3) is 0.414. The maximum atomic E-state index is 13.9. The van der Waals surface area contributed by atoms with E-state index in [4.69, 9.17) is 14.6 Å². The van der Waals surface area contributed by atoms with Crippen LogP contribution in [0.2, 0.25) is 0 Å². The number of anilines is 1. The molecule has 1 saturated carbocycles. The van der Waals surface area contributed by atoms with E-state index in [0.717, 1.165) is 29.7 Å². The van der Waals surface area contributed by atoms with Crippen LogP contribution in [0.1, 0.15) is 55.7 Å². The summed E-state index contributed by atoms with van der Waals surface area (Å²) in [6, 6.07) is 11.7. The molecule has 2 heterocycles. The van der Waals surface area contributed by atoms with Crippen molar-refractivity contribution in [3.63, 3.8) is 0 Å². The number of hydrogen-bond acceptors (Lipinski definition) is 6. The van der Waals surface area contributed by atoms with E-state index in [1.54, 1.807) is 31.0 Å². The maximum absolute atomic E-state index is 13.9. The van der Waals surface area contributed by atoms with E-state index in [-0.39, 0.29) is 41.2 Å². The number of thioether (sulfide) groups is 1. The molecule has 1 N–H and O–H groups in total. The summed E-state index contributed by atoms with van der Waals surface area (Å²) in [5.41, 5.74) is 2.59. The monoisotopic (exact) mass is 552 g/mol. The smallest absolute Gasteiger partial charge is 0.240 e. The SMILES string of the molecule is COc1ccc(OC)c([C@@H]2SCC(=O)N(CC(=O)NC3CC3)c3c2c(C(C)(C)C)nn3-c2ccc(F)cc2)c1. The van der Waals surface area contributed by atoms with Gasteiger partial charge in [-0.2, -0.15) is 5.10 Å². The molecule has 2 aliphatic rings. The predicted octanol–water partition coefficient (Wildman–Crippen LogP) is 4.77. The van der Waals surface area contributed by atoms with Gasteiger partial charge in [-0.3, -0.25) is 14.5 Å². The average Bonchev–Trinajstić information content (AvgIpc) is 3.65. The van der Waals surface area contributed by atoms with Gasteiger partial charge in [-0.15, -0.1) is 11.8 Å². The topological polar surface area (TPSA) is 85.7 Å². The minimum Gasteiger partial charge on any atom is -0.497 e. The maximum Gasteiger partial charge on any atom is 0.240 e. The highest BCUT2D eigenvalue weighted by Crippen LogP contribution is 2.51. The summed E-state index contributed by atoms with van der Waals surface area (Å²) in [6.45, 7) is 6.05. The van der Waals surface area contributed by atoms with Crippen LogP contribution in [0, 0.1) is 5.82 Å². The third-order valence-corrected chi connectivity index (χ3v) is 8.07. The van der Waals surface area contributed by atoms with E-state index in [2.05, 4.69) is 26.1 Å². The van der Waals surface area contributed by atoms with Gasteiger partial charge in [0.15, 0.2) is 0 Å². The van der Waals surface area contributed by atoms with Crippen molar-refractivity contribution in [3.8, 4) is 17.2 Å². The van der Waals surface area contributed by atoms with E-state index in [1.165, 1.54) is 28.8 Å². The van der Waals surface area contributed by atoms with Crippen LogP contribution in [-0.4, -0.2) is 54.2 Å². The number of amides is 2. The van der Waals surface area contributed by atoms with Gasteiger partial charge in [-0.05, 0) is 55.3 Å². The summed E-state index contributed by atoms with van der Waals surface area (Å²) in [7, 11) is 3.22. The third kappa shape index (κ3) is 5.48. The molecular formula is C29H33FN4O4S. The zero-order chi connectivity index (χ0) is 27.9. The predicted molar refractivity (Wildman–Crippen MR) is 150 cm³/mol. The van der Waals surface area contributed by atoms with E-state index < -0.39 is 5.41 Å². The van der Waals surface area contributed by atoms with E-state index in [0.29, 0.717) is 23.0 Å². The van der Waals surface area contributed by atoms with Crippen molar-refractivity contribution in [2.75, 3.05) is 31.4 Å². The molecule has 5 rings (SSSR count). The van der Waals surface area contributed by atoms with Gasteiger partial charge in [-0.25, -0.2) is 9.07 Å². The van der Waals surface area contributed by atoms with E-state index >= 15 is 0 Å². The van der Waals surface area contributed by atoms with Crippen LogP contribution < -0.4 is 19.7 Å². The lowest BCUT2D eigenvalue weighted by Crippen LogP contribution is -2.43. The lowest BCUT2D eigenvalue weighted by molar-refractivity contribution is -0.123. The highest BCUT2D eigenvalue weighted by Gasteiger charge is 2.41. The Morgan fingerprint density at radius 3 is 2.46 bits per heavy atom. The molecule has 0 spiro atoms. The number of methoxy groups -OCH3 is 2. The Hall–Kier alpha value is -3.53. The van der Waals surface area contributed by atoms with Crippen molar-refractivity contribution in [3.05, 3.63) is 65.1 Å². The van der Waals surface area contributed by atoms with E-state index in [9.17, 15) is 14.0 Å². The number of carbonyl (C=O) groups is 2. The zero-order valence-electron chi connectivity index (χ0n) is 22.8. The largest absolute Gasteiger partial charge is 0.497 e. The Bertz CT molecular complexity index is 1400. The summed E-state index contributed by atoms with van der Waals surface area (Å²) in [5.74, 6) is 1.16. The van der Waals surface area contributed by atoms with Gasteiger partial charge in [0.05, 0.1) is 36.6 Å². The number of nitrogens with one attached hydrogen (secondary N) is 1. The molecule has 0 unspecified atom stereocenters. The van der Waals surface area contributed by atoms with Crippen LogP contribution >= 0.6 is 11.8 Å². The molecular weight excluding hydrogens is 519 g/mol. The van der Waals surface area contributed by atoms with Crippen LogP contribution in [0.15, 0.2) is 42.5 Å². The van der Waals surface area contributed by atoms with Crippen LogP contribution in [-0.2, 0) is 15.0 Å². The number of carbonyl (C=O) groups excluding carboxylic acids is 2. The molecule has 1 atom stereocenters. The Kier molecular flexibility index (Phi) is 7.33. The zero-order valence-corrected chi connectivity index (χ0v) is 23.6. The Labute approximate surface area is 231 Å². The van der Waals surface area contributed by atoms with Crippen LogP contribution in [0.25, 0.3) is 5.69 Å². The highest BCUT2D eigenvalue weighted by atomic mass is 32.2. The fourth-order valence-corrected chi connectivity index (χ4v) is 5.98. The van der Waals surface area contributed by atoms with Crippen molar-refractivity contribution in [2.24, 2.45) is 0 Å². The molecule has 2 amide bonds. The Balaban J connectivity index is 1.77. The second kappa shape index (κ2) is 10.6. The minimum atomic E-state index is -0.421. The van der Waals surface area contributed by atoms with Crippen molar-refractivity contribution in [2.45, 2.75) is 50.3 Å². The number of hydrogen-bond donors (Lipinski definition) is 1. The summed E-state index contributed by atoms with van der Waals surface area (Å²) in [6.07, 6.45) is 1.89. The van der Waals surface area contributed by atoms with Gasteiger partial charge in [0, 0.05) is 22.6 Å². The summed E-state index contributed by atoms with van der Waals surface area (Å²) >= 11 is 1.46. The Morgan fingerprint density at radius 2 is 1.85 bits per heavy atom. The fourth-order valence-electron chi connectivity index (χ4n) is 4.77. The highest BCUT2D eigenvalue weighted by molar-refractivity contribution is 8.00. The minimum absolute atomic E-state index is 0.138. The standard InChI is InChI=1S/C29H33FN4O4S/c1-29(2,3)27-25-26(21-14-20(37-4)12-13-22(21)38-5)39-16-24(36)33(15-23(35)31-18-8-9-18)28(25)34(32-27)19-10-6-17(30)7-11-19/h6-7,10-14,18,26H,8-9,15-16H2,1-5H3,(H,31,35)/t26-/m0/s1. The normalized spacial score (nSPS) is 17.4. The van der Waals surface area contributed by atoms with Crippen molar-refractivity contribution >= 4 is 29.4 Å². The Morgan fingerprint density at radius 1 is 1.13 bits per heavy atom. The van der Waals surface area contributed by atoms with Crippen LogP contribution in [0.3, 0.4) is 0 Å².